The molecule has 2 amide bonds. The number of amides is 2. The largest absolute Gasteiger partial charge is 0.420 e. The number of sulfone groups is 1. The van der Waals surface area contributed by atoms with E-state index >= 15 is 0 Å². The predicted molar refractivity (Wildman–Crippen MR) is 108 cm³/mol. The Morgan fingerprint density at radius 3 is 2.11 bits per heavy atom. The molecule has 0 aliphatic carbocycles. The number of halogens is 6. The average Bonchev–Trinajstić information content (AvgIpc) is 3.11. The van der Waals surface area contributed by atoms with Crippen molar-refractivity contribution in [2.75, 3.05) is 11.6 Å². The smallest absolute Gasteiger partial charge is 0.325 e. The van der Waals surface area contributed by atoms with Crippen molar-refractivity contribution in [3.8, 4) is 6.07 Å². The maximum atomic E-state index is 13.3. The van der Waals surface area contributed by atoms with Gasteiger partial charge in [0.25, 0.3) is 11.3 Å². The second-order valence-corrected chi connectivity index (χ2v) is 9.75. The highest BCUT2D eigenvalue weighted by Gasteiger charge is 2.72. The van der Waals surface area contributed by atoms with Gasteiger partial charge >= 0.3 is 12.4 Å². The van der Waals surface area contributed by atoms with Gasteiger partial charge in [0, 0.05) is 18.5 Å². The van der Waals surface area contributed by atoms with Crippen molar-refractivity contribution < 1.29 is 44.3 Å². The van der Waals surface area contributed by atoms with Crippen molar-refractivity contribution in [3.63, 3.8) is 0 Å². The zero-order valence-corrected chi connectivity index (χ0v) is 18.4. The molecule has 14 heteroatoms. The van der Waals surface area contributed by atoms with Crippen molar-refractivity contribution in [2.45, 2.75) is 35.2 Å². The Kier molecular flexibility index (Phi) is 6.36. The monoisotopic (exact) mass is 519 g/mol. The lowest BCUT2D eigenvalue weighted by Gasteiger charge is -2.31. The molecule has 3 rings (SSSR count). The van der Waals surface area contributed by atoms with E-state index in [0.29, 0.717) is 35.7 Å². The Labute approximate surface area is 194 Å². The van der Waals surface area contributed by atoms with E-state index in [2.05, 4.69) is 5.32 Å². The minimum Gasteiger partial charge on any atom is -0.325 e. The van der Waals surface area contributed by atoms with Gasteiger partial charge in [-0.3, -0.25) is 9.59 Å². The Morgan fingerprint density at radius 2 is 1.66 bits per heavy atom. The van der Waals surface area contributed by atoms with Crippen molar-refractivity contribution >= 4 is 27.8 Å². The Hall–Kier alpha value is -3.60. The summed E-state index contributed by atoms with van der Waals surface area (Å²) in [6.07, 6.45) is -10.6. The van der Waals surface area contributed by atoms with Crippen molar-refractivity contribution in [1.82, 2.24) is 4.90 Å². The van der Waals surface area contributed by atoms with Crippen LogP contribution in [-0.4, -0.2) is 44.2 Å². The number of nitrogens with zero attached hydrogens (tertiary/aromatic N) is 2. The van der Waals surface area contributed by atoms with Gasteiger partial charge in [-0.05, 0) is 41.0 Å². The van der Waals surface area contributed by atoms with Crippen LogP contribution in [-0.2, 0) is 31.4 Å². The highest BCUT2D eigenvalue weighted by molar-refractivity contribution is 7.90. The van der Waals surface area contributed by atoms with Gasteiger partial charge in [-0.15, -0.1) is 0 Å². The lowest BCUT2D eigenvalue weighted by atomic mass is 9.80. The Bertz CT molecular complexity index is 1300. The fraction of sp³-hybridized carbons (Fsp3) is 0.286. The highest BCUT2D eigenvalue weighted by atomic mass is 32.2. The molecule has 0 fully saturated rings. The molecule has 1 aliphatic rings. The molecule has 35 heavy (non-hydrogen) atoms. The first-order chi connectivity index (χ1) is 16.1. The second-order valence-electron chi connectivity index (χ2n) is 7.74. The van der Waals surface area contributed by atoms with Gasteiger partial charge in [-0.1, -0.05) is 18.2 Å². The van der Waals surface area contributed by atoms with Crippen LogP contribution >= 0.6 is 0 Å². The van der Waals surface area contributed by atoms with Crippen LogP contribution < -0.4 is 5.32 Å². The number of nitrogens with one attached hydrogen (secondary N) is 1. The average molecular weight is 519 g/mol. The van der Waals surface area contributed by atoms with Gasteiger partial charge in [0.2, 0.25) is 6.41 Å². The molecule has 0 radical (unpaired) electrons. The maximum absolute atomic E-state index is 13.3. The summed E-state index contributed by atoms with van der Waals surface area (Å²) in [6, 6.07) is 5.39. The molecule has 1 heterocycles. The molecule has 0 bridgehead atoms. The fourth-order valence-electron chi connectivity index (χ4n) is 3.77. The third-order valence-electron chi connectivity index (χ3n) is 5.51. The molecule has 1 N–H and O–H groups in total. The minimum atomic E-state index is -5.96. The van der Waals surface area contributed by atoms with Gasteiger partial charge in [0.1, 0.15) is 6.04 Å². The number of carbonyl (C=O) groups is 2. The van der Waals surface area contributed by atoms with Crippen LogP contribution in [0.2, 0.25) is 0 Å². The van der Waals surface area contributed by atoms with E-state index in [1.165, 1.54) is 18.2 Å². The Balaban J connectivity index is 1.92. The van der Waals surface area contributed by atoms with Crippen LogP contribution in [0.4, 0.5) is 32.0 Å². The molecule has 0 saturated heterocycles. The standard InChI is InChI=1S/C21H15F6N3O4S/c1-35(33,34)15-6-7-16-12(8-15)9-30(11-31)17(16)18(32)29-14-4-2-13(3-5-14)19(10-28,20(22,23)24)21(25,26)27/h2-8,11,17H,9H2,1H3,(H,29,32). The van der Waals surface area contributed by atoms with Gasteiger partial charge < -0.3 is 10.2 Å². The van der Waals surface area contributed by atoms with Crippen molar-refractivity contribution in [2.24, 2.45) is 0 Å². The van der Waals surface area contributed by atoms with E-state index in [0.717, 1.165) is 23.3 Å². The number of carbonyl (C=O) groups excluding carboxylic acids is 2. The quantitative estimate of drug-likeness (QED) is 0.480. The molecular weight excluding hydrogens is 504 g/mol. The SMILES string of the molecule is CS(=O)(=O)c1ccc2c(c1)CN(C=O)C2C(=O)Nc1ccc(C(C#N)(C(F)(F)F)C(F)(F)F)cc1. The lowest BCUT2D eigenvalue weighted by molar-refractivity contribution is -0.283. The number of anilines is 1. The lowest BCUT2D eigenvalue weighted by Crippen LogP contribution is -2.52. The van der Waals surface area contributed by atoms with Crippen molar-refractivity contribution in [3.05, 3.63) is 59.2 Å². The topological polar surface area (TPSA) is 107 Å². The Morgan fingerprint density at radius 1 is 1.09 bits per heavy atom. The zero-order valence-electron chi connectivity index (χ0n) is 17.6. The van der Waals surface area contributed by atoms with E-state index in [1.807, 2.05) is 0 Å². The predicted octanol–water partition coefficient (Wildman–Crippen LogP) is 3.63. The third kappa shape index (κ3) is 4.43. The number of hydrogen-bond donors (Lipinski definition) is 1. The van der Waals surface area contributed by atoms with Gasteiger partial charge in [-0.2, -0.15) is 31.6 Å². The summed E-state index contributed by atoms with van der Waals surface area (Å²) in [5.74, 6) is -0.839. The normalized spacial score (nSPS) is 16.4. The van der Waals surface area contributed by atoms with Crippen LogP contribution in [0.25, 0.3) is 0 Å². The van der Waals surface area contributed by atoms with Crippen LogP contribution in [0.5, 0.6) is 0 Å². The number of fused-ring (bicyclic) bond motifs is 1. The van der Waals surface area contributed by atoms with E-state index in [1.54, 1.807) is 0 Å². The first-order valence-electron chi connectivity index (χ1n) is 9.57. The first-order valence-corrected chi connectivity index (χ1v) is 11.5. The second kappa shape index (κ2) is 8.56. The molecule has 2 aromatic rings. The number of alkyl halides is 6. The van der Waals surface area contributed by atoms with Crippen LogP contribution in [0.3, 0.4) is 0 Å². The summed E-state index contributed by atoms with van der Waals surface area (Å²) in [5.41, 5.74) is -5.66. The number of benzene rings is 2. The summed E-state index contributed by atoms with van der Waals surface area (Å²) in [7, 11) is -3.56. The zero-order chi connectivity index (χ0) is 26.4. The van der Waals surface area contributed by atoms with E-state index in [4.69, 9.17) is 5.26 Å². The summed E-state index contributed by atoms with van der Waals surface area (Å²) in [6.45, 7) is -0.0962. The van der Waals surface area contributed by atoms with Gasteiger partial charge in [0.05, 0.1) is 11.0 Å². The van der Waals surface area contributed by atoms with Crippen LogP contribution in [0.1, 0.15) is 22.7 Å². The third-order valence-corrected chi connectivity index (χ3v) is 6.62. The molecular formula is C21H15F6N3O4S. The minimum absolute atomic E-state index is 0.0333. The molecule has 0 spiro atoms. The molecule has 1 unspecified atom stereocenters. The molecule has 1 aliphatic heterocycles. The molecule has 0 aromatic heterocycles. The molecule has 0 saturated carbocycles. The molecule has 186 valence electrons. The summed E-state index contributed by atoms with van der Waals surface area (Å²) in [5, 5.41) is 11.1. The van der Waals surface area contributed by atoms with E-state index < -0.39 is 45.1 Å². The van der Waals surface area contributed by atoms with Crippen LogP contribution in [0.15, 0.2) is 47.4 Å². The summed E-state index contributed by atoms with van der Waals surface area (Å²) in [4.78, 5) is 25.3. The van der Waals surface area contributed by atoms with E-state index in [-0.39, 0.29) is 17.1 Å². The molecule has 7 nitrogen and oxygen atoms in total. The first kappa shape index (κ1) is 26.0. The number of hydrogen-bond acceptors (Lipinski definition) is 5. The fourth-order valence-corrected chi connectivity index (χ4v) is 4.44. The number of nitriles is 1. The number of rotatable bonds is 5. The van der Waals surface area contributed by atoms with Gasteiger partial charge in [0.15, 0.2) is 9.84 Å². The van der Waals surface area contributed by atoms with E-state index in [9.17, 15) is 44.3 Å². The summed E-state index contributed by atoms with van der Waals surface area (Å²) < 4.78 is 103. The highest BCUT2D eigenvalue weighted by Crippen LogP contribution is 2.51. The summed E-state index contributed by atoms with van der Waals surface area (Å²) >= 11 is 0. The molecule has 2 aromatic carbocycles. The molecule has 1 atom stereocenters. The van der Waals surface area contributed by atoms with Crippen molar-refractivity contribution in [1.29, 1.82) is 5.26 Å². The van der Waals surface area contributed by atoms with Gasteiger partial charge in [-0.25, -0.2) is 8.42 Å². The van der Waals surface area contributed by atoms with Crippen LogP contribution in [0, 0.1) is 11.3 Å². The maximum Gasteiger partial charge on any atom is 0.420 e.